The standard InChI is InChI=1S/C19H15ClN2O5/c1-10-7-12(22-27-10)9-26-17-14-6-4-3-5-13(14)16(20)8-15(17)18(23)21-11(2)19(24)25/h3-8H,2,9H2,1H3,(H,21,23)(H,24,25). The Hall–Kier alpha value is -3.32. The van der Waals surface area contributed by atoms with Gasteiger partial charge in [-0.05, 0) is 13.0 Å². The molecular weight excluding hydrogens is 372 g/mol. The Morgan fingerprint density at radius 1 is 1.30 bits per heavy atom. The van der Waals surface area contributed by atoms with Crippen LogP contribution in [0.1, 0.15) is 21.8 Å². The zero-order valence-electron chi connectivity index (χ0n) is 14.3. The van der Waals surface area contributed by atoms with E-state index in [-0.39, 0.29) is 17.9 Å². The number of halogens is 1. The summed E-state index contributed by atoms with van der Waals surface area (Å²) in [5.74, 6) is -1.14. The lowest BCUT2D eigenvalue weighted by atomic mass is 10.0. The van der Waals surface area contributed by atoms with E-state index >= 15 is 0 Å². The molecule has 0 bridgehead atoms. The van der Waals surface area contributed by atoms with Gasteiger partial charge in [0.2, 0.25) is 0 Å². The van der Waals surface area contributed by atoms with E-state index in [2.05, 4.69) is 17.1 Å². The van der Waals surface area contributed by atoms with Gasteiger partial charge in [0.15, 0.2) is 0 Å². The van der Waals surface area contributed by atoms with Crippen LogP contribution in [0.2, 0.25) is 5.02 Å². The third kappa shape index (κ3) is 3.93. The summed E-state index contributed by atoms with van der Waals surface area (Å²) in [6.45, 7) is 5.12. The molecule has 0 aliphatic rings. The number of aliphatic carboxylic acids is 1. The lowest BCUT2D eigenvalue weighted by Crippen LogP contribution is -2.27. The first-order valence-corrected chi connectivity index (χ1v) is 8.24. The van der Waals surface area contributed by atoms with Crippen LogP contribution in [0.25, 0.3) is 10.8 Å². The number of hydrogen-bond acceptors (Lipinski definition) is 5. The molecule has 0 saturated carbocycles. The molecule has 0 atom stereocenters. The zero-order valence-corrected chi connectivity index (χ0v) is 15.0. The number of carbonyl (C=O) groups excluding carboxylic acids is 1. The first-order chi connectivity index (χ1) is 12.9. The maximum atomic E-state index is 12.6. The second-order valence-electron chi connectivity index (χ2n) is 5.74. The van der Waals surface area contributed by atoms with Gasteiger partial charge in [-0.1, -0.05) is 47.6 Å². The van der Waals surface area contributed by atoms with Crippen molar-refractivity contribution in [3.05, 3.63) is 70.7 Å². The summed E-state index contributed by atoms with van der Waals surface area (Å²) < 4.78 is 10.9. The molecule has 138 valence electrons. The van der Waals surface area contributed by atoms with Gasteiger partial charge in [-0.15, -0.1) is 0 Å². The Bertz CT molecular complexity index is 1060. The molecule has 1 heterocycles. The van der Waals surface area contributed by atoms with Crippen molar-refractivity contribution in [2.45, 2.75) is 13.5 Å². The predicted molar refractivity (Wildman–Crippen MR) is 98.8 cm³/mol. The number of nitrogens with zero attached hydrogens (tertiary/aromatic N) is 1. The van der Waals surface area contributed by atoms with Crippen LogP contribution < -0.4 is 10.1 Å². The monoisotopic (exact) mass is 386 g/mol. The number of fused-ring (bicyclic) bond motifs is 1. The first kappa shape index (κ1) is 18.5. The summed E-state index contributed by atoms with van der Waals surface area (Å²) in [7, 11) is 0. The Balaban J connectivity index is 2.04. The molecule has 2 aromatic carbocycles. The van der Waals surface area contributed by atoms with Crippen LogP contribution >= 0.6 is 11.6 Å². The Kier molecular flexibility index (Phi) is 5.14. The molecule has 2 N–H and O–H groups in total. The SMILES string of the molecule is C=C(NC(=O)c1cc(Cl)c2ccccc2c1OCc1cc(C)on1)C(=O)O. The van der Waals surface area contributed by atoms with Crippen molar-refractivity contribution in [2.24, 2.45) is 0 Å². The minimum atomic E-state index is -1.34. The number of benzene rings is 2. The minimum Gasteiger partial charge on any atom is -0.486 e. The summed E-state index contributed by atoms with van der Waals surface area (Å²) in [6, 6.07) is 10.3. The van der Waals surface area contributed by atoms with E-state index in [4.69, 9.17) is 26.0 Å². The van der Waals surface area contributed by atoms with Crippen LogP contribution in [0.3, 0.4) is 0 Å². The van der Waals surface area contributed by atoms with E-state index in [1.54, 1.807) is 31.2 Å². The molecule has 8 heteroatoms. The second-order valence-corrected chi connectivity index (χ2v) is 6.14. The molecule has 0 unspecified atom stereocenters. The lowest BCUT2D eigenvalue weighted by Gasteiger charge is -2.15. The van der Waals surface area contributed by atoms with Crippen molar-refractivity contribution in [3.8, 4) is 5.75 Å². The number of ether oxygens (including phenoxy) is 1. The molecule has 0 saturated heterocycles. The summed E-state index contributed by atoms with van der Waals surface area (Å²) >= 11 is 6.30. The van der Waals surface area contributed by atoms with Crippen molar-refractivity contribution in [3.63, 3.8) is 0 Å². The van der Waals surface area contributed by atoms with Crippen LogP contribution in [-0.2, 0) is 11.4 Å². The fraction of sp³-hybridized carbons (Fsp3) is 0.105. The van der Waals surface area contributed by atoms with E-state index in [1.165, 1.54) is 6.07 Å². The number of rotatable bonds is 6. The molecule has 1 amide bonds. The molecule has 27 heavy (non-hydrogen) atoms. The number of carbonyl (C=O) groups is 2. The normalized spacial score (nSPS) is 10.6. The van der Waals surface area contributed by atoms with Crippen molar-refractivity contribution in [2.75, 3.05) is 0 Å². The van der Waals surface area contributed by atoms with E-state index in [9.17, 15) is 9.59 Å². The van der Waals surface area contributed by atoms with Crippen molar-refractivity contribution in [1.82, 2.24) is 10.5 Å². The second kappa shape index (κ2) is 7.51. The van der Waals surface area contributed by atoms with Crippen LogP contribution in [0.4, 0.5) is 0 Å². The largest absolute Gasteiger partial charge is 0.486 e. The third-order valence-corrected chi connectivity index (χ3v) is 4.07. The number of amides is 1. The van der Waals surface area contributed by atoms with Crippen molar-refractivity contribution in [1.29, 1.82) is 0 Å². The smallest absolute Gasteiger partial charge is 0.351 e. The Morgan fingerprint density at radius 2 is 2.00 bits per heavy atom. The first-order valence-electron chi connectivity index (χ1n) is 7.86. The quantitative estimate of drug-likeness (QED) is 0.626. The van der Waals surface area contributed by atoms with Crippen LogP contribution in [0.5, 0.6) is 5.75 Å². The number of aryl methyl sites for hydroxylation is 1. The zero-order chi connectivity index (χ0) is 19.6. The summed E-state index contributed by atoms with van der Waals surface area (Å²) in [5.41, 5.74) is 0.177. The van der Waals surface area contributed by atoms with Gasteiger partial charge in [0.25, 0.3) is 5.91 Å². The van der Waals surface area contributed by atoms with E-state index < -0.39 is 17.6 Å². The topological polar surface area (TPSA) is 102 Å². The number of nitrogens with one attached hydrogen (secondary N) is 1. The number of hydrogen-bond donors (Lipinski definition) is 2. The minimum absolute atomic E-state index is 0.0587. The molecule has 0 aliphatic carbocycles. The maximum Gasteiger partial charge on any atom is 0.351 e. The van der Waals surface area contributed by atoms with Crippen LogP contribution in [0.15, 0.2) is 53.2 Å². The van der Waals surface area contributed by atoms with Crippen molar-refractivity contribution >= 4 is 34.2 Å². The van der Waals surface area contributed by atoms with E-state index in [1.807, 2.05) is 6.07 Å². The van der Waals surface area contributed by atoms with E-state index in [0.29, 0.717) is 27.2 Å². The highest BCUT2D eigenvalue weighted by atomic mass is 35.5. The average Bonchev–Trinajstić information content (AvgIpc) is 3.06. The molecule has 0 aliphatic heterocycles. The molecule has 0 radical (unpaired) electrons. The van der Waals surface area contributed by atoms with E-state index in [0.717, 1.165) is 0 Å². The predicted octanol–water partition coefficient (Wildman–Crippen LogP) is 3.70. The van der Waals surface area contributed by atoms with Crippen molar-refractivity contribution < 1.29 is 24.0 Å². The number of carboxylic acid groups (broad SMARTS) is 1. The van der Waals surface area contributed by atoms with Gasteiger partial charge in [0, 0.05) is 21.9 Å². The highest BCUT2D eigenvalue weighted by Gasteiger charge is 2.20. The summed E-state index contributed by atoms with van der Waals surface area (Å²) in [4.78, 5) is 23.5. The van der Waals surface area contributed by atoms with Gasteiger partial charge < -0.3 is 19.7 Å². The highest BCUT2D eigenvalue weighted by molar-refractivity contribution is 6.36. The van der Waals surface area contributed by atoms with Gasteiger partial charge in [-0.3, -0.25) is 4.79 Å². The average molecular weight is 387 g/mol. The maximum absolute atomic E-state index is 12.6. The molecule has 1 aromatic heterocycles. The lowest BCUT2D eigenvalue weighted by molar-refractivity contribution is -0.132. The molecule has 3 aromatic rings. The highest BCUT2D eigenvalue weighted by Crippen LogP contribution is 2.35. The molecule has 0 fully saturated rings. The fourth-order valence-corrected chi connectivity index (χ4v) is 2.79. The Morgan fingerprint density at radius 3 is 2.63 bits per heavy atom. The van der Waals surface area contributed by atoms with Gasteiger partial charge in [0.05, 0.1) is 5.56 Å². The Labute approximate surface area is 159 Å². The molecule has 7 nitrogen and oxygen atoms in total. The van der Waals surface area contributed by atoms with Crippen LogP contribution in [-0.4, -0.2) is 22.1 Å². The molecule has 0 spiro atoms. The number of carboxylic acids is 1. The summed E-state index contributed by atoms with van der Waals surface area (Å²) in [6.07, 6.45) is 0. The van der Waals surface area contributed by atoms with Gasteiger partial charge in [-0.25, -0.2) is 4.79 Å². The summed E-state index contributed by atoms with van der Waals surface area (Å²) in [5, 5.41) is 16.7. The number of aromatic nitrogens is 1. The molecule has 3 rings (SSSR count). The third-order valence-electron chi connectivity index (χ3n) is 3.75. The van der Waals surface area contributed by atoms with Gasteiger partial charge in [-0.2, -0.15) is 0 Å². The van der Waals surface area contributed by atoms with Crippen LogP contribution in [0, 0.1) is 6.92 Å². The van der Waals surface area contributed by atoms with Gasteiger partial charge in [0.1, 0.15) is 29.5 Å². The fourth-order valence-electron chi connectivity index (χ4n) is 2.52. The molecular formula is C19H15ClN2O5. The van der Waals surface area contributed by atoms with Gasteiger partial charge >= 0.3 is 5.97 Å².